The molecule has 0 radical (unpaired) electrons. The largest absolute Gasteiger partial charge is 0.463 e. The number of hydrogen-bond donors (Lipinski definition) is 0. The second kappa shape index (κ2) is 6.64. The molecule has 0 atom stereocenters. The molecule has 0 aliphatic rings. The summed E-state index contributed by atoms with van der Waals surface area (Å²) < 4.78 is 9.14. The third-order valence-electron chi connectivity index (χ3n) is 1.11. The van der Waals surface area contributed by atoms with Crippen molar-refractivity contribution in [3.63, 3.8) is 0 Å². The lowest BCUT2D eigenvalue weighted by atomic mass is 10.3. The Bertz CT molecular complexity index is 135. The Morgan fingerprint density at radius 3 is 2.25 bits per heavy atom. The Balaban J connectivity index is 3.40. The van der Waals surface area contributed by atoms with Gasteiger partial charge in [0.15, 0.2) is 6.61 Å². The molecule has 0 aromatic heterocycles. The number of carbonyl (C=O) groups is 2. The normalized spacial score (nSPS) is 9.17. The Morgan fingerprint density at radius 2 is 1.75 bits per heavy atom. The maximum atomic E-state index is 10.7. The van der Waals surface area contributed by atoms with E-state index in [1.165, 1.54) is 0 Å². The average Bonchev–Trinajstić information content (AvgIpc) is 2.02. The smallest absolute Gasteiger partial charge is 0.344 e. The SMILES string of the molecule is CCCC(=O)OCC(=O)OCC. The van der Waals surface area contributed by atoms with Gasteiger partial charge in [-0.05, 0) is 13.3 Å². The number of esters is 2. The maximum Gasteiger partial charge on any atom is 0.344 e. The Kier molecular flexibility index (Phi) is 6.05. The highest BCUT2D eigenvalue weighted by Gasteiger charge is 2.05. The monoisotopic (exact) mass is 174 g/mol. The van der Waals surface area contributed by atoms with Crippen LogP contribution in [0, 0.1) is 0 Å². The highest BCUT2D eigenvalue weighted by molar-refractivity contribution is 5.76. The minimum atomic E-state index is -0.498. The third kappa shape index (κ3) is 5.70. The van der Waals surface area contributed by atoms with Gasteiger partial charge in [-0.25, -0.2) is 4.79 Å². The molecule has 0 N–H and O–H groups in total. The molecule has 0 rings (SSSR count). The van der Waals surface area contributed by atoms with E-state index in [-0.39, 0.29) is 12.6 Å². The van der Waals surface area contributed by atoms with E-state index in [1.807, 2.05) is 6.92 Å². The average molecular weight is 174 g/mol. The summed E-state index contributed by atoms with van der Waals surface area (Å²) in [4.78, 5) is 21.4. The highest BCUT2D eigenvalue weighted by Crippen LogP contribution is 1.91. The zero-order valence-electron chi connectivity index (χ0n) is 7.46. The molecule has 4 heteroatoms. The predicted octanol–water partition coefficient (Wildman–Crippen LogP) is 0.893. The fourth-order valence-corrected chi connectivity index (χ4v) is 0.618. The van der Waals surface area contributed by atoms with Gasteiger partial charge < -0.3 is 9.47 Å². The maximum absolute atomic E-state index is 10.7. The lowest BCUT2D eigenvalue weighted by molar-refractivity contribution is -0.158. The minimum absolute atomic E-state index is 0.271. The second-order valence-corrected chi connectivity index (χ2v) is 2.22. The number of carbonyl (C=O) groups excluding carboxylic acids is 2. The topological polar surface area (TPSA) is 52.6 Å². The van der Waals surface area contributed by atoms with Crippen LogP contribution < -0.4 is 0 Å². The van der Waals surface area contributed by atoms with Gasteiger partial charge in [0.25, 0.3) is 0 Å². The third-order valence-corrected chi connectivity index (χ3v) is 1.11. The molecule has 0 aromatic rings. The van der Waals surface area contributed by atoms with Crippen molar-refractivity contribution in [2.75, 3.05) is 13.2 Å². The van der Waals surface area contributed by atoms with Crippen molar-refractivity contribution in [3.05, 3.63) is 0 Å². The summed E-state index contributed by atoms with van der Waals surface area (Å²) in [6, 6.07) is 0. The first-order chi connectivity index (χ1) is 5.70. The first kappa shape index (κ1) is 10.9. The number of rotatable bonds is 5. The summed E-state index contributed by atoms with van der Waals surface area (Å²) in [5, 5.41) is 0. The zero-order chi connectivity index (χ0) is 9.40. The molecule has 0 saturated heterocycles. The van der Waals surface area contributed by atoms with Crippen LogP contribution in [0.15, 0.2) is 0 Å². The van der Waals surface area contributed by atoms with E-state index in [1.54, 1.807) is 6.92 Å². The van der Waals surface area contributed by atoms with Gasteiger partial charge in [-0.15, -0.1) is 0 Å². The Labute approximate surface area is 71.8 Å². The predicted molar refractivity (Wildman–Crippen MR) is 42.5 cm³/mol. The van der Waals surface area contributed by atoms with Gasteiger partial charge in [0.2, 0.25) is 0 Å². The highest BCUT2D eigenvalue weighted by atomic mass is 16.6. The molecule has 0 fully saturated rings. The molecule has 4 nitrogen and oxygen atoms in total. The van der Waals surface area contributed by atoms with Crippen LogP contribution in [0.25, 0.3) is 0 Å². The zero-order valence-corrected chi connectivity index (χ0v) is 7.46. The molecule has 0 amide bonds. The quantitative estimate of drug-likeness (QED) is 0.581. The van der Waals surface area contributed by atoms with Gasteiger partial charge in [-0.1, -0.05) is 6.92 Å². The number of ether oxygens (including phenoxy) is 2. The molecule has 0 aliphatic carbocycles. The van der Waals surface area contributed by atoms with Crippen LogP contribution in [0.2, 0.25) is 0 Å². The number of hydrogen-bond acceptors (Lipinski definition) is 4. The lowest BCUT2D eigenvalue weighted by Crippen LogP contribution is -2.15. The van der Waals surface area contributed by atoms with E-state index >= 15 is 0 Å². The molecule has 0 aromatic carbocycles. The van der Waals surface area contributed by atoms with Crippen LogP contribution in [0.5, 0.6) is 0 Å². The van der Waals surface area contributed by atoms with Crippen LogP contribution in [0.4, 0.5) is 0 Å². The van der Waals surface area contributed by atoms with Crippen molar-refractivity contribution >= 4 is 11.9 Å². The molecule has 0 heterocycles. The van der Waals surface area contributed by atoms with Crippen molar-refractivity contribution in [2.45, 2.75) is 26.7 Å². The van der Waals surface area contributed by atoms with E-state index < -0.39 is 5.97 Å². The summed E-state index contributed by atoms with van der Waals surface area (Å²) in [6.45, 7) is 3.61. The fourth-order valence-electron chi connectivity index (χ4n) is 0.618. The molecule has 70 valence electrons. The summed E-state index contributed by atoms with van der Waals surface area (Å²) in [7, 11) is 0. The molecule has 0 bridgehead atoms. The van der Waals surface area contributed by atoms with E-state index in [9.17, 15) is 9.59 Å². The van der Waals surface area contributed by atoms with Crippen LogP contribution in [-0.2, 0) is 19.1 Å². The summed E-state index contributed by atoms with van der Waals surface area (Å²) in [5.41, 5.74) is 0. The summed E-state index contributed by atoms with van der Waals surface area (Å²) >= 11 is 0. The Hall–Kier alpha value is -1.06. The van der Waals surface area contributed by atoms with Crippen LogP contribution in [-0.4, -0.2) is 25.2 Å². The second-order valence-electron chi connectivity index (χ2n) is 2.22. The standard InChI is InChI=1S/C8H14O4/c1-3-5-7(9)12-6-8(10)11-4-2/h3-6H2,1-2H3. The molecular weight excluding hydrogens is 160 g/mol. The fraction of sp³-hybridized carbons (Fsp3) is 0.750. The van der Waals surface area contributed by atoms with Crippen molar-refractivity contribution in [2.24, 2.45) is 0 Å². The molecule has 0 saturated carbocycles. The molecule has 12 heavy (non-hydrogen) atoms. The van der Waals surface area contributed by atoms with Gasteiger partial charge in [0.05, 0.1) is 6.61 Å². The lowest BCUT2D eigenvalue weighted by Gasteiger charge is -2.02. The van der Waals surface area contributed by atoms with E-state index in [2.05, 4.69) is 9.47 Å². The van der Waals surface area contributed by atoms with Crippen molar-refractivity contribution in [1.82, 2.24) is 0 Å². The van der Waals surface area contributed by atoms with Gasteiger partial charge >= 0.3 is 11.9 Å². The summed E-state index contributed by atoms with van der Waals surface area (Å²) in [6.07, 6.45) is 1.07. The van der Waals surface area contributed by atoms with Crippen molar-refractivity contribution < 1.29 is 19.1 Å². The minimum Gasteiger partial charge on any atom is -0.463 e. The molecule has 0 spiro atoms. The van der Waals surface area contributed by atoms with E-state index in [0.29, 0.717) is 13.0 Å². The van der Waals surface area contributed by atoms with Gasteiger partial charge in [0.1, 0.15) is 0 Å². The molecule has 0 unspecified atom stereocenters. The molecule has 0 aliphatic heterocycles. The summed E-state index contributed by atoms with van der Waals surface area (Å²) in [5.74, 6) is -0.854. The first-order valence-electron chi connectivity index (χ1n) is 4.02. The molecular formula is C8H14O4. The van der Waals surface area contributed by atoms with Gasteiger partial charge in [-0.2, -0.15) is 0 Å². The van der Waals surface area contributed by atoms with E-state index in [4.69, 9.17) is 0 Å². The van der Waals surface area contributed by atoms with Crippen LogP contribution in [0.1, 0.15) is 26.7 Å². The van der Waals surface area contributed by atoms with Crippen molar-refractivity contribution in [1.29, 1.82) is 0 Å². The van der Waals surface area contributed by atoms with Gasteiger partial charge in [0, 0.05) is 6.42 Å². The van der Waals surface area contributed by atoms with Gasteiger partial charge in [-0.3, -0.25) is 4.79 Å². The van der Waals surface area contributed by atoms with Crippen LogP contribution in [0.3, 0.4) is 0 Å². The first-order valence-corrected chi connectivity index (χ1v) is 4.02. The van der Waals surface area contributed by atoms with Crippen LogP contribution >= 0.6 is 0 Å². The Morgan fingerprint density at radius 1 is 1.08 bits per heavy atom. The van der Waals surface area contributed by atoms with E-state index in [0.717, 1.165) is 6.42 Å². The van der Waals surface area contributed by atoms with Crippen molar-refractivity contribution in [3.8, 4) is 0 Å².